The van der Waals surface area contributed by atoms with Gasteiger partial charge in [-0.15, -0.1) is 0 Å². The van der Waals surface area contributed by atoms with E-state index in [-0.39, 0.29) is 0 Å². The molecule has 0 amide bonds. The van der Waals surface area contributed by atoms with Gasteiger partial charge in [0.25, 0.3) is 0 Å². The maximum atomic E-state index is 2.58. The van der Waals surface area contributed by atoms with E-state index in [0.29, 0.717) is 0 Å². The molecule has 0 radical (unpaired) electrons. The predicted molar refractivity (Wildman–Crippen MR) is 104 cm³/mol. The highest BCUT2D eigenvalue weighted by atomic mass is 15.3. The highest BCUT2D eigenvalue weighted by Gasteiger charge is 2.29. The van der Waals surface area contributed by atoms with Gasteiger partial charge in [0, 0.05) is 37.6 Å². The van der Waals surface area contributed by atoms with Gasteiger partial charge in [0.15, 0.2) is 0 Å². The number of anilines is 1. The molecule has 3 aromatic rings. The van der Waals surface area contributed by atoms with E-state index >= 15 is 0 Å². The molecule has 2 aliphatic rings. The van der Waals surface area contributed by atoms with Gasteiger partial charge in [-0.2, -0.15) is 0 Å². The Hall–Kier alpha value is -2.26. The van der Waals surface area contributed by atoms with E-state index in [9.17, 15) is 0 Å². The van der Waals surface area contributed by atoms with Crippen molar-refractivity contribution in [3.63, 3.8) is 0 Å². The Balaban J connectivity index is 1.47. The Morgan fingerprint density at radius 2 is 1.84 bits per heavy atom. The lowest BCUT2D eigenvalue weighted by Gasteiger charge is -2.34. The standard InChI is InChI=1S/C22H25N3/c1-23-12-20-14-24(15-22(20)25(16-23)11-17-9-10-17)13-19-7-4-6-18-5-2-3-8-21(18)19/h2-8,14-15,17H,9-13,16H2,1H3. The quantitative estimate of drug-likeness (QED) is 0.706. The molecule has 25 heavy (non-hydrogen) atoms. The molecule has 1 aliphatic carbocycles. The Labute approximate surface area is 149 Å². The number of rotatable bonds is 4. The van der Waals surface area contributed by atoms with Crippen LogP contribution in [0.2, 0.25) is 0 Å². The van der Waals surface area contributed by atoms with Crippen LogP contribution in [0.25, 0.3) is 10.8 Å². The van der Waals surface area contributed by atoms with Crippen molar-refractivity contribution in [2.75, 3.05) is 25.2 Å². The average molecular weight is 331 g/mol. The predicted octanol–water partition coefficient (Wildman–Crippen LogP) is 4.31. The molecule has 5 rings (SSSR count). The molecule has 1 fully saturated rings. The van der Waals surface area contributed by atoms with Gasteiger partial charge in [-0.25, -0.2) is 0 Å². The van der Waals surface area contributed by atoms with Crippen molar-refractivity contribution >= 4 is 16.5 Å². The van der Waals surface area contributed by atoms with Crippen LogP contribution in [-0.4, -0.2) is 29.7 Å². The number of nitrogens with zero attached hydrogens (tertiary/aromatic N) is 3. The zero-order valence-corrected chi connectivity index (χ0v) is 14.9. The zero-order chi connectivity index (χ0) is 16.8. The van der Waals surface area contributed by atoms with E-state index in [1.807, 2.05) is 0 Å². The van der Waals surface area contributed by atoms with Gasteiger partial charge in [0.1, 0.15) is 0 Å². The normalized spacial score (nSPS) is 17.9. The summed E-state index contributed by atoms with van der Waals surface area (Å²) in [4.78, 5) is 5.00. The third-order valence-corrected chi connectivity index (χ3v) is 5.54. The monoisotopic (exact) mass is 331 g/mol. The molecule has 0 saturated heterocycles. The van der Waals surface area contributed by atoms with E-state index in [0.717, 1.165) is 25.7 Å². The minimum Gasteiger partial charge on any atom is -0.357 e. The maximum absolute atomic E-state index is 2.58. The van der Waals surface area contributed by atoms with E-state index in [1.165, 1.54) is 47.0 Å². The lowest BCUT2D eigenvalue weighted by atomic mass is 10.0. The highest BCUT2D eigenvalue weighted by molar-refractivity contribution is 5.85. The number of fused-ring (bicyclic) bond motifs is 2. The van der Waals surface area contributed by atoms with Crippen LogP contribution in [-0.2, 0) is 13.1 Å². The second-order valence-corrected chi connectivity index (χ2v) is 7.80. The maximum Gasteiger partial charge on any atom is 0.0708 e. The van der Waals surface area contributed by atoms with Crippen LogP contribution in [0.1, 0.15) is 24.0 Å². The van der Waals surface area contributed by atoms with Gasteiger partial charge >= 0.3 is 0 Å². The third-order valence-electron chi connectivity index (χ3n) is 5.54. The molecule has 0 unspecified atom stereocenters. The minimum absolute atomic E-state index is 0.917. The smallest absolute Gasteiger partial charge is 0.0708 e. The molecule has 0 atom stereocenters. The fourth-order valence-corrected chi connectivity index (χ4v) is 4.15. The van der Waals surface area contributed by atoms with Crippen molar-refractivity contribution in [3.05, 3.63) is 66.0 Å². The summed E-state index contributed by atoms with van der Waals surface area (Å²) < 4.78 is 2.38. The first-order valence-corrected chi connectivity index (χ1v) is 9.35. The molecular weight excluding hydrogens is 306 g/mol. The number of aromatic nitrogens is 1. The first-order valence-electron chi connectivity index (χ1n) is 9.35. The summed E-state index contributed by atoms with van der Waals surface area (Å²) in [6.07, 6.45) is 7.54. The van der Waals surface area contributed by atoms with Gasteiger partial charge in [-0.05, 0) is 42.1 Å². The molecule has 1 saturated carbocycles. The molecule has 3 nitrogen and oxygen atoms in total. The Morgan fingerprint density at radius 3 is 2.72 bits per heavy atom. The van der Waals surface area contributed by atoms with Gasteiger partial charge < -0.3 is 9.47 Å². The summed E-state index contributed by atoms with van der Waals surface area (Å²) >= 11 is 0. The fourth-order valence-electron chi connectivity index (χ4n) is 4.15. The van der Waals surface area contributed by atoms with Crippen molar-refractivity contribution < 1.29 is 0 Å². The largest absolute Gasteiger partial charge is 0.357 e. The molecule has 2 aromatic carbocycles. The van der Waals surface area contributed by atoms with Crippen LogP contribution in [0, 0.1) is 5.92 Å². The van der Waals surface area contributed by atoms with Crippen LogP contribution in [0.5, 0.6) is 0 Å². The molecule has 2 heterocycles. The van der Waals surface area contributed by atoms with Crippen molar-refractivity contribution in [2.45, 2.75) is 25.9 Å². The van der Waals surface area contributed by atoms with Gasteiger partial charge in [-0.3, -0.25) is 4.90 Å². The summed E-state index contributed by atoms with van der Waals surface area (Å²) in [5, 5.41) is 2.69. The first kappa shape index (κ1) is 15.0. The van der Waals surface area contributed by atoms with Crippen LogP contribution in [0.15, 0.2) is 54.9 Å². The van der Waals surface area contributed by atoms with Crippen LogP contribution in [0.4, 0.5) is 5.69 Å². The molecule has 0 N–H and O–H groups in total. The van der Waals surface area contributed by atoms with Crippen LogP contribution < -0.4 is 4.90 Å². The lowest BCUT2D eigenvalue weighted by molar-refractivity contribution is 0.307. The second kappa shape index (κ2) is 5.92. The van der Waals surface area contributed by atoms with Gasteiger partial charge in [0.2, 0.25) is 0 Å². The van der Waals surface area contributed by atoms with Crippen molar-refractivity contribution in [3.8, 4) is 0 Å². The molecule has 0 spiro atoms. The third kappa shape index (κ3) is 2.93. The van der Waals surface area contributed by atoms with Crippen LogP contribution in [0.3, 0.4) is 0 Å². The molecule has 1 aromatic heterocycles. The molecule has 128 valence electrons. The van der Waals surface area contributed by atoms with Gasteiger partial charge in [0.05, 0.1) is 12.4 Å². The summed E-state index contributed by atoms with van der Waals surface area (Å²) in [7, 11) is 2.23. The lowest BCUT2D eigenvalue weighted by Crippen LogP contribution is -2.40. The highest BCUT2D eigenvalue weighted by Crippen LogP contribution is 2.35. The van der Waals surface area contributed by atoms with Gasteiger partial charge in [-0.1, -0.05) is 42.5 Å². The Kier molecular flexibility index (Phi) is 3.56. The topological polar surface area (TPSA) is 11.4 Å². The SMILES string of the molecule is CN1Cc2cn(Cc3cccc4ccccc34)cc2N(CC2CC2)C1. The summed E-state index contributed by atoms with van der Waals surface area (Å²) in [6.45, 7) is 4.27. The zero-order valence-electron chi connectivity index (χ0n) is 14.9. The minimum atomic E-state index is 0.917. The molecule has 3 heteroatoms. The van der Waals surface area contributed by atoms with Crippen molar-refractivity contribution in [1.29, 1.82) is 0 Å². The average Bonchev–Trinajstić information content (AvgIpc) is 3.33. The second-order valence-electron chi connectivity index (χ2n) is 7.80. The van der Waals surface area contributed by atoms with Crippen molar-refractivity contribution in [2.24, 2.45) is 5.92 Å². The summed E-state index contributed by atoms with van der Waals surface area (Å²) in [6, 6.07) is 15.3. The summed E-state index contributed by atoms with van der Waals surface area (Å²) in [5.74, 6) is 0.917. The number of hydrogen-bond acceptors (Lipinski definition) is 2. The summed E-state index contributed by atoms with van der Waals surface area (Å²) in [5.41, 5.74) is 4.31. The Bertz CT molecular complexity index is 901. The van der Waals surface area contributed by atoms with Crippen LogP contribution >= 0.6 is 0 Å². The van der Waals surface area contributed by atoms with Crippen molar-refractivity contribution in [1.82, 2.24) is 9.47 Å². The number of hydrogen-bond donors (Lipinski definition) is 0. The van der Waals surface area contributed by atoms with E-state index < -0.39 is 0 Å². The Morgan fingerprint density at radius 1 is 1.00 bits per heavy atom. The molecule has 0 bridgehead atoms. The molecule has 1 aliphatic heterocycles. The van der Waals surface area contributed by atoms with E-state index in [4.69, 9.17) is 0 Å². The first-order chi connectivity index (χ1) is 12.3. The fraction of sp³-hybridized carbons (Fsp3) is 0.364. The molecular formula is C22H25N3. The number of benzene rings is 2. The van der Waals surface area contributed by atoms with E-state index in [1.54, 1.807) is 0 Å². The van der Waals surface area contributed by atoms with E-state index in [2.05, 4.69) is 76.3 Å².